The van der Waals surface area contributed by atoms with Gasteiger partial charge in [0.25, 0.3) is 0 Å². The molecule has 0 saturated carbocycles. The summed E-state index contributed by atoms with van der Waals surface area (Å²) in [7, 11) is 0. The number of benzene rings is 12. The molecule has 0 unspecified atom stereocenters. The molecular formula is C66H44N2. The summed E-state index contributed by atoms with van der Waals surface area (Å²) in [5.74, 6) is 0. The smallest absolute Gasteiger partial charge is 0.0619 e. The zero-order valence-corrected chi connectivity index (χ0v) is 37.3. The van der Waals surface area contributed by atoms with Gasteiger partial charge in [0.1, 0.15) is 0 Å². The van der Waals surface area contributed by atoms with Crippen molar-refractivity contribution < 1.29 is 0 Å². The van der Waals surface area contributed by atoms with Crippen molar-refractivity contribution in [3.05, 3.63) is 267 Å². The van der Waals surface area contributed by atoms with E-state index in [2.05, 4.69) is 276 Å². The van der Waals surface area contributed by atoms with Crippen LogP contribution in [0.2, 0.25) is 0 Å². The first-order chi connectivity index (χ1) is 33.7. The van der Waals surface area contributed by atoms with E-state index in [1.54, 1.807) is 0 Å². The van der Waals surface area contributed by atoms with Crippen LogP contribution in [0.3, 0.4) is 0 Å². The first kappa shape index (κ1) is 39.4. The molecule has 0 saturated heterocycles. The molecule has 0 aliphatic heterocycles. The summed E-state index contributed by atoms with van der Waals surface area (Å²) in [4.78, 5) is 2.43. The second-order valence-corrected chi connectivity index (χ2v) is 17.6. The van der Waals surface area contributed by atoms with Crippen LogP contribution in [0.5, 0.6) is 0 Å². The van der Waals surface area contributed by atoms with Crippen LogP contribution in [0, 0.1) is 0 Å². The zero-order chi connectivity index (χ0) is 45.0. The lowest BCUT2D eigenvalue weighted by atomic mass is 9.92. The molecule has 0 N–H and O–H groups in total. The number of para-hydroxylation sites is 2. The minimum absolute atomic E-state index is 1.08. The lowest BCUT2D eigenvalue weighted by Gasteiger charge is -2.29. The monoisotopic (exact) mass is 864 g/mol. The molecule has 0 fully saturated rings. The molecule has 0 bridgehead atoms. The molecule has 0 spiro atoms. The Morgan fingerprint density at radius 2 is 0.809 bits per heavy atom. The molecule has 1 heterocycles. The second kappa shape index (κ2) is 16.5. The molecular weight excluding hydrogens is 821 g/mol. The maximum Gasteiger partial charge on any atom is 0.0619 e. The SMILES string of the molecule is c1ccc(-c2cc(N(c3ccc(-c4cc5ccccc5c5ccccc45)cc3)c3ccccc3-c3ccccc3)ccc2-c2ccc(-n3c4ccccc4c4ccc5ccccc5c43)cc2)cc1. The van der Waals surface area contributed by atoms with Crippen LogP contribution in [0.25, 0.3) is 104 Å². The fourth-order valence-corrected chi connectivity index (χ4v) is 10.6. The lowest BCUT2D eigenvalue weighted by Crippen LogP contribution is -2.11. The average molecular weight is 865 g/mol. The average Bonchev–Trinajstić information content (AvgIpc) is 3.76. The van der Waals surface area contributed by atoms with Crippen molar-refractivity contribution in [3.8, 4) is 50.2 Å². The largest absolute Gasteiger partial charge is 0.310 e. The Hall–Kier alpha value is -8.98. The predicted molar refractivity (Wildman–Crippen MR) is 290 cm³/mol. The van der Waals surface area contributed by atoms with E-state index in [4.69, 9.17) is 0 Å². The van der Waals surface area contributed by atoms with Crippen molar-refractivity contribution in [2.45, 2.75) is 0 Å². The number of nitrogens with zero attached hydrogens (tertiary/aromatic N) is 2. The normalized spacial score (nSPS) is 11.5. The Morgan fingerprint density at radius 1 is 0.265 bits per heavy atom. The van der Waals surface area contributed by atoms with Crippen molar-refractivity contribution in [3.63, 3.8) is 0 Å². The van der Waals surface area contributed by atoms with Gasteiger partial charge in [-0.1, -0.05) is 212 Å². The number of hydrogen-bond acceptors (Lipinski definition) is 1. The van der Waals surface area contributed by atoms with E-state index < -0.39 is 0 Å². The molecule has 68 heavy (non-hydrogen) atoms. The van der Waals surface area contributed by atoms with Gasteiger partial charge in [0, 0.05) is 38.8 Å². The van der Waals surface area contributed by atoms with E-state index in [0.717, 1.165) is 39.4 Å². The van der Waals surface area contributed by atoms with Gasteiger partial charge in [-0.25, -0.2) is 0 Å². The van der Waals surface area contributed by atoms with Crippen LogP contribution in [-0.4, -0.2) is 4.57 Å². The molecule has 0 radical (unpaired) electrons. The third-order valence-corrected chi connectivity index (χ3v) is 13.8. The Labute approximate surface area is 395 Å². The van der Waals surface area contributed by atoms with E-state index in [1.165, 1.54) is 81.9 Å². The molecule has 2 heteroatoms. The highest BCUT2D eigenvalue weighted by atomic mass is 15.1. The number of rotatable bonds is 8. The molecule has 0 aliphatic carbocycles. The third kappa shape index (κ3) is 6.65. The highest BCUT2D eigenvalue weighted by Gasteiger charge is 2.21. The first-order valence-electron chi connectivity index (χ1n) is 23.4. The van der Waals surface area contributed by atoms with Gasteiger partial charge in [0.15, 0.2) is 0 Å². The van der Waals surface area contributed by atoms with Crippen LogP contribution < -0.4 is 4.90 Å². The van der Waals surface area contributed by atoms with Crippen molar-refractivity contribution in [1.82, 2.24) is 4.57 Å². The van der Waals surface area contributed by atoms with Crippen molar-refractivity contribution in [1.29, 1.82) is 0 Å². The Bertz CT molecular complexity index is 4000. The van der Waals surface area contributed by atoms with E-state index >= 15 is 0 Å². The van der Waals surface area contributed by atoms with E-state index in [9.17, 15) is 0 Å². The predicted octanol–water partition coefficient (Wildman–Crippen LogP) is 18.4. The fraction of sp³-hybridized carbons (Fsp3) is 0. The number of fused-ring (bicyclic) bond motifs is 8. The maximum absolute atomic E-state index is 2.44. The van der Waals surface area contributed by atoms with E-state index in [1.807, 2.05) is 0 Å². The number of anilines is 3. The van der Waals surface area contributed by atoms with Gasteiger partial charge in [-0.05, 0) is 120 Å². The minimum atomic E-state index is 1.08. The molecule has 2 nitrogen and oxygen atoms in total. The summed E-state index contributed by atoms with van der Waals surface area (Å²) in [5.41, 5.74) is 16.3. The van der Waals surface area contributed by atoms with Crippen LogP contribution in [0.15, 0.2) is 267 Å². The van der Waals surface area contributed by atoms with E-state index in [0.29, 0.717) is 0 Å². The number of aromatic nitrogens is 1. The van der Waals surface area contributed by atoms with Crippen LogP contribution in [-0.2, 0) is 0 Å². The van der Waals surface area contributed by atoms with Crippen LogP contribution in [0.1, 0.15) is 0 Å². The molecule has 318 valence electrons. The highest BCUT2D eigenvalue weighted by molar-refractivity contribution is 6.19. The van der Waals surface area contributed by atoms with Crippen molar-refractivity contribution >= 4 is 71.2 Å². The van der Waals surface area contributed by atoms with Gasteiger partial charge in [-0.15, -0.1) is 0 Å². The molecule has 13 rings (SSSR count). The van der Waals surface area contributed by atoms with Crippen LogP contribution >= 0.6 is 0 Å². The first-order valence-corrected chi connectivity index (χ1v) is 23.4. The summed E-state index contributed by atoms with van der Waals surface area (Å²) in [6, 6.07) is 97.5. The van der Waals surface area contributed by atoms with Crippen molar-refractivity contribution in [2.75, 3.05) is 4.90 Å². The Kier molecular flexibility index (Phi) is 9.54. The summed E-state index contributed by atoms with van der Waals surface area (Å²) in [6.45, 7) is 0. The van der Waals surface area contributed by atoms with Gasteiger partial charge in [-0.2, -0.15) is 0 Å². The van der Waals surface area contributed by atoms with Gasteiger partial charge < -0.3 is 9.47 Å². The Balaban J connectivity index is 0.964. The quantitative estimate of drug-likeness (QED) is 0.138. The standard InChI is InChI=1S/C66H44N2/c1-3-17-45(18-4-1)56-24-13-15-29-64(56)67(51-36-33-49(34-37-51)62-43-50-22-8-9-23-54(50)58-26-11-12-27-59(58)62)53-40-42-55(63(44-53)46-19-5-2-6-20-46)48-31-38-52(39-32-48)68-65-30-16-14-28-60(65)61-41-35-47-21-7-10-25-57(47)66(61)68/h1-44H. The summed E-state index contributed by atoms with van der Waals surface area (Å²) < 4.78 is 2.44. The van der Waals surface area contributed by atoms with Gasteiger partial charge in [0.2, 0.25) is 0 Å². The highest BCUT2D eigenvalue weighted by Crippen LogP contribution is 2.45. The molecule has 13 aromatic rings. The molecule has 12 aromatic carbocycles. The van der Waals surface area contributed by atoms with E-state index in [-0.39, 0.29) is 0 Å². The molecule has 0 amide bonds. The van der Waals surface area contributed by atoms with Gasteiger partial charge in [0.05, 0.1) is 16.7 Å². The van der Waals surface area contributed by atoms with Gasteiger partial charge in [-0.3, -0.25) is 0 Å². The lowest BCUT2D eigenvalue weighted by molar-refractivity contribution is 1.19. The minimum Gasteiger partial charge on any atom is -0.310 e. The van der Waals surface area contributed by atoms with Crippen molar-refractivity contribution in [2.24, 2.45) is 0 Å². The molecule has 0 atom stereocenters. The summed E-state index contributed by atoms with van der Waals surface area (Å²) >= 11 is 0. The summed E-state index contributed by atoms with van der Waals surface area (Å²) in [6.07, 6.45) is 0. The van der Waals surface area contributed by atoms with Crippen LogP contribution in [0.4, 0.5) is 17.1 Å². The zero-order valence-electron chi connectivity index (χ0n) is 37.3. The number of hydrogen-bond donors (Lipinski definition) is 0. The summed E-state index contributed by atoms with van der Waals surface area (Å²) in [5, 5.41) is 10.1. The topological polar surface area (TPSA) is 8.17 Å². The Morgan fingerprint density at radius 3 is 1.57 bits per heavy atom. The van der Waals surface area contributed by atoms with Gasteiger partial charge >= 0.3 is 0 Å². The fourth-order valence-electron chi connectivity index (χ4n) is 10.6. The maximum atomic E-state index is 2.44. The third-order valence-electron chi connectivity index (χ3n) is 13.8. The molecule has 1 aromatic heterocycles. The molecule has 0 aliphatic rings. The second-order valence-electron chi connectivity index (χ2n) is 17.6.